The lowest BCUT2D eigenvalue weighted by molar-refractivity contribution is -0.131. The summed E-state index contributed by atoms with van der Waals surface area (Å²) in [5, 5.41) is 22.8. The highest BCUT2D eigenvalue weighted by Gasteiger charge is 2.36. The van der Waals surface area contributed by atoms with E-state index >= 15 is 0 Å². The van der Waals surface area contributed by atoms with Crippen LogP contribution >= 0.6 is 22.6 Å². The SMILES string of the molecule is N=C(N)NCCC[C@](N)(CCC(c1ccccc1)c1ccccc1)C(=O)N[C@@H](Cc1ccc(O)c(I)c1)C(N)=O. The van der Waals surface area contributed by atoms with Crippen molar-refractivity contribution in [3.63, 3.8) is 0 Å². The number of hydrogen-bond donors (Lipinski definition) is 7. The van der Waals surface area contributed by atoms with Gasteiger partial charge in [0.1, 0.15) is 11.8 Å². The number of carbonyl (C=O) groups is 2. The van der Waals surface area contributed by atoms with E-state index < -0.39 is 23.4 Å². The van der Waals surface area contributed by atoms with Gasteiger partial charge in [0.15, 0.2) is 5.96 Å². The Balaban J connectivity index is 1.83. The number of phenolic OH excluding ortho intramolecular Hbond substituents is 1. The Morgan fingerprint density at radius 3 is 2.08 bits per heavy atom. The van der Waals surface area contributed by atoms with Crippen molar-refractivity contribution in [2.24, 2.45) is 17.2 Å². The predicted octanol–water partition coefficient (Wildman–Crippen LogP) is 3.08. The minimum Gasteiger partial charge on any atom is -0.507 e. The second-order valence-electron chi connectivity index (χ2n) is 9.93. The van der Waals surface area contributed by atoms with Gasteiger partial charge in [0, 0.05) is 18.9 Å². The Morgan fingerprint density at radius 2 is 1.55 bits per heavy atom. The van der Waals surface area contributed by atoms with E-state index in [4.69, 9.17) is 22.6 Å². The number of nitrogens with two attached hydrogens (primary N) is 3. The summed E-state index contributed by atoms with van der Waals surface area (Å²) < 4.78 is 0.628. The Hall–Kier alpha value is -3.64. The number of carbonyl (C=O) groups excluding carboxylic acids is 2. The zero-order chi connectivity index (χ0) is 29.1. The van der Waals surface area contributed by atoms with Crippen molar-refractivity contribution in [1.29, 1.82) is 5.41 Å². The fourth-order valence-electron chi connectivity index (χ4n) is 4.72. The number of nitrogens with one attached hydrogen (secondary N) is 3. The number of halogens is 1. The Bertz CT molecular complexity index is 1250. The number of aromatic hydroxyl groups is 1. The third-order valence-corrected chi connectivity index (χ3v) is 7.82. The molecule has 0 saturated heterocycles. The van der Waals surface area contributed by atoms with Crippen LogP contribution in [0, 0.1) is 8.98 Å². The molecule has 0 aliphatic rings. The molecule has 9 nitrogen and oxygen atoms in total. The van der Waals surface area contributed by atoms with E-state index in [9.17, 15) is 14.7 Å². The highest BCUT2D eigenvalue weighted by molar-refractivity contribution is 14.1. The van der Waals surface area contributed by atoms with Crippen LogP contribution in [-0.4, -0.2) is 41.0 Å². The highest BCUT2D eigenvalue weighted by Crippen LogP contribution is 2.32. The first-order chi connectivity index (χ1) is 19.1. The van der Waals surface area contributed by atoms with Gasteiger partial charge in [-0.25, -0.2) is 0 Å². The summed E-state index contributed by atoms with van der Waals surface area (Å²) in [7, 11) is 0. The summed E-state index contributed by atoms with van der Waals surface area (Å²) in [6.07, 6.45) is 1.89. The maximum Gasteiger partial charge on any atom is 0.240 e. The summed E-state index contributed by atoms with van der Waals surface area (Å²) in [4.78, 5) is 26.1. The molecule has 10 heteroatoms. The first-order valence-electron chi connectivity index (χ1n) is 13.1. The molecule has 3 aromatic rings. The van der Waals surface area contributed by atoms with Gasteiger partial charge < -0.3 is 32.9 Å². The molecular weight excluding hydrogens is 619 g/mol. The topological polar surface area (TPSA) is 180 Å². The summed E-state index contributed by atoms with van der Waals surface area (Å²) in [6, 6.07) is 24.1. The summed E-state index contributed by atoms with van der Waals surface area (Å²) in [6.45, 7) is 0.382. The van der Waals surface area contributed by atoms with Crippen LogP contribution in [0.15, 0.2) is 78.9 Å². The quantitative estimate of drug-likeness (QED) is 0.0606. The van der Waals surface area contributed by atoms with Crippen LogP contribution in [0.1, 0.15) is 48.3 Å². The van der Waals surface area contributed by atoms with Crippen molar-refractivity contribution in [3.05, 3.63) is 99.1 Å². The van der Waals surface area contributed by atoms with Crippen LogP contribution in [0.4, 0.5) is 0 Å². The van der Waals surface area contributed by atoms with E-state index in [0.717, 1.165) is 16.7 Å². The van der Waals surface area contributed by atoms with Gasteiger partial charge in [0.05, 0.1) is 9.11 Å². The molecule has 0 radical (unpaired) electrons. The van der Waals surface area contributed by atoms with Crippen LogP contribution in [-0.2, 0) is 16.0 Å². The van der Waals surface area contributed by atoms with E-state index in [1.807, 2.05) is 59.0 Å². The third kappa shape index (κ3) is 8.95. The van der Waals surface area contributed by atoms with Crippen molar-refractivity contribution in [2.75, 3.05) is 6.54 Å². The fraction of sp³-hybridized carbons (Fsp3) is 0.300. The number of primary amides is 1. The van der Waals surface area contributed by atoms with Gasteiger partial charge >= 0.3 is 0 Å². The molecule has 2 atom stereocenters. The average Bonchev–Trinajstić information content (AvgIpc) is 2.94. The molecule has 0 aromatic heterocycles. The van der Waals surface area contributed by atoms with Crippen molar-refractivity contribution >= 4 is 40.4 Å². The second kappa shape index (κ2) is 14.7. The number of benzene rings is 3. The molecule has 40 heavy (non-hydrogen) atoms. The normalized spacial score (nSPS) is 13.3. The van der Waals surface area contributed by atoms with Crippen molar-refractivity contribution in [3.8, 4) is 5.75 Å². The van der Waals surface area contributed by atoms with Crippen LogP contribution in [0.2, 0.25) is 0 Å². The number of phenols is 1. The summed E-state index contributed by atoms with van der Waals surface area (Å²) >= 11 is 2.00. The first kappa shape index (κ1) is 30.9. The monoisotopic (exact) mass is 656 g/mol. The molecule has 2 amide bonds. The molecule has 0 spiro atoms. The first-order valence-corrected chi connectivity index (χ1v) is 14.2. The predicted molar refractivity (Wildman–Crippen MR) is 166 cm³/mol. The lowest BCUT2D eigenvalue weighted by atomic mass is 9.80. The summed E-state index contributed by atoms with van der Waals surface area (Å²) in [5.74, 6) is -1.15. The fourth-order valence-corrected chi connectivity index (χ4v) is 5.29. The number of guanidine groups is 1. The Kier molecular flexibility index (Phi) is 11.3. The maximum atomic E-state index is 13.7. The number of rotatable bonds is 14. The van der Waals surface area contributed by atoms with Crippen molar-refractivity contribution in [1.82, 2.24) is 10.6 Å². The lowest BCUT2D eigenvalue weighted by Crippen LogP contribution is -2.59. The van der Waals surface area contributed by atoms with Gasteiger partial charge in [-0.2, -0.15) is 0 Å². The van der Waals surface area contributed by atoms with Crippen LogP contribution < -0.4 is 27.8 Å². The smallest absolute Gasteiger partial charge is 0.240 e. The number of amides is 2. The zero-order valence-electron chi connectivity index (χ0n) is 22.3. The molecular formula is C30H37IN6O3. The third-order valence-electron chi connectivity index (χ3n) is 6.95. The highest BCUT2D eigenvalue weighted by atomic mass is 127. The molecule has 0 heterocycles. The van der Waals surface area contributed by atoms with Gasteiger partial charge in [-0.1, -0.05) is 66.7 Å². The van der Waals surface area contributed by atoms with E-state index in [0.29, 0.717) is 35.8 Å². The molecule has 0 aliphatic heterocycles. The molecule has 0 fully saturated rings. The molecule has 0 unspecified atom stereocenters. The Labute approximate surface area is 248 Å². The van der Waals surface area contributed by atoms with Crippen LogP contribution in [0.5, 0.6) is 5.75 Å². The zero-order valence-corrected chi connectivity index (χ0v) is 24.4. The van der Waals surface area contributed by atoms with Gasteiger partial charge in [0.2, 0.25) is 11.8 Å². The van der Waals surface area contributed by atoms with E-state index in [1.54, 1.807) is 18.2 Å². The largest absolute Gasteiger partial charge is 0.507 e. The van der Waals surface area contributed by atoms with E-state index in [1.165, 1.54) is 0 Å². The molecule has 0 saturated carbocycles. The number of hydrogen-bond acceptors (Lipinski definition) is 5. The standard InChI is InChI=1S/C30H37IN6O3/c31-24-18-20(12-13-26(24)38)19-25(27(32)39)37-28(40)30(35,15-7-17-36-29(33)34)16-14-23(21-8-3-1-4-9-21)22-10-5-2-6-11-22/h1-6,8-13,18,23,25,38H,7,14-17,19,35H2,(H2,32,39)(H,37,40)(H4,33,34,36)/t25-,30-/m0/s1. The molecule has 212 valence electrons. The van der Waals surface area contributed by atoms with Crippen molar-refractivity contribution in [2.45, 2.75) is 49.6 Å². The molecule has 0 aliphatic carbocycles. The van der Waals surface area contributed by atoms with Gasteiger partial charge in [-0.05, 0) is 77.1 Å². The van der Waals surface area contributed by atoms with E-state index in [-0.39, 0.29) is 24.0 Å². The Morgan fingerprint density at radius 1 is 0.950 bits per heavy atom. The molecule has 0 bridgehead atoms. The molecule has 10 N–H and O–H groups in total. The molecule has 3 aromatic carbocycles. The second-order valence-corrected chi connectivity index (χ2v) is 11.1. The van der Waals surface area contributed by atoms with Gasteiger partial charge in [0.25, 0.3) is 0 Å². The van der Waals surface area contributed by atoms with E-state index in [2.05, 4.69) is 34.9 Å². The van der Waals surface area contributed by atoms with Gasteiger partial charge in [-0.15, -0.1) is 0 Å². The van der Waals surface area contributed by atoms with Gasteiger partial charge in [-0.3, -0.25) is 15.0 Å². The lowest BCUT2D eigenvalue weighted by Gasteiger charge is -2.32. The average molecular weight is 657 g/mol. The summed E-state index contributed by atoms with van der Waals surface area (Å²) in [5.41, 5.74) is 19.6. The van der Waals surface area contributed by atoms with Crippen LogP contribution in [0.3, 0.4) is 0 Å². The van der Waals surface area contributed by atoms with Crippen LogP contribution in [0.25, 0.3) is 0 Å². The molecule has 3 rings (SSSR count). The maximum absolute atomic E-state index is 13.7. The minimum absolute atomic E-state index is 0.0134. The minimum atomic E-state index is -1.31. The van der Waals surface area contributed by atoms with Crippen molar-refractivity contribution < 1.29 is 14.7 Å².